The smallest absolute Gasteiger partial charge is 0.264 e. The minimum absolute atomic E-state index is 0.0657. The molecule has 0 atom stereocenters. The Morgan fingerprint density at radius 2 is 2.03 bits per heavy atom. The van der Waals surface area contributed by atoms with E-state index in [2.05, 4.69) is 11.6 Å². The van der Waals surface area contributed by atoms with Crippen molar-refractivity contribution in [3.05, 3.63) is 82.3 Å². The number of carbonyl (C=O) groups excluding carboxylic acids is 1. The van der Waals surface area contributed by atoms with Crippen LogP contribution in [0, 0.1) is 6.92 Å². The molecule has 6 nitrogen and oxygen atoms in total. The number of thiophene rings is 1. The van der Waals surface area contributed by atoms with Gasteiger partial charge in [-0.15, -0.1) is 17.9 Å². The van der Waals surface area contributed by atoms with Crippen LogP contribution in [0.3, 0.4) is 0 Å². The molecule has 0 aliphatic heterocycles. The third-order valence-corrected chi connectivity index (χ3v) is 8.65. The molecule has 4 rings (SSSR count). The Morgan fingerprint density at radius 1 is 1.24 bits per heavy atom. The van der Waals surface area contributed by atoms with Gasteiger partial charge >= 0.3 is 0 Å². The van der Waals surface area contributed by atoms with Crippen LogP contribution >= 0.6 is 11.3 Å². The van der Waals surface area contributed by atoms with Crippen LogP contribution in [0.25, 0.3) is 0 Å². The van der Waals surface area contributed by atoms with Gasteiger partial charge in [0.1, 0.15) is 0 Å². The average molecular weight is 498 g/mol. The van der Waals surface area contributed by atoms with Gasteiger partial charge in [0.05, 0.1) is 29.1 Å². The Morgan fingerprint density at radius 3 is 2.71 bits per heavy atom. The highest BCUT2D eigenvalue weighted by Crippen LogP contribution is 2.33. The molecule has 2 aromatic heterocycles. The van der Waals surface area contributed by atoms with Gasteiger partial charge in [-0.1, -0.05) is 61.2 Å². The highest BCUT2D eigenvalue weighted by molar-refractivity contribution is 7.90. The van der Waals surface area contributed by atoms with E-state index in [1.54, 1.807) is 23.2 Å². The highest BCUT2D eigenvalue weighted by atomic mass is 32.2. The van der Waals surface area contributed by atoms with Crippen molar-refractivity contribution in [2.24, 2.45) is 0 Å². The van der Waals surface area contributed by atoms with Gasteiger partial charge in [0.25, 0.3) is 5.91 Å². The van der Waals surface area contributed by atoms with Crippen LogP contribution in [0.4, 0.5) is 0 Å². The summed E-state index contributed by atoms with van der Waals surface area (Å²) in [6.45, 7) is 6.42. The molecular weight excluding hydrogens is 466 g/mol. The topological polar surface area (TPSA) is 72.3 Å². The van der Waals surface area contributed by atoms with Gasteiger partial charge in [0, 0.05) is 12.6 Å². The summed E-state index contributed by atoms with van der Waals surface area (Å²) < 4.78 is 29.0. The fourth-order valence-electron chi connectivity index (χ4n) is 4.67. The second kappa shape index (κ2) is 10.7. The second-order valence-corrected chi connectivity index (χ2v) is 11.7. The number of hydrogen-bond donors (Lipinski definition) is 0. The van der Waals surface area contributed by atoms with Crippen LogP contribution in [0.1, 0.15) is 64.6 Å². The maximum Gasteiger partial charge on any atom is 0.264 e. The van der Waals surface area contributed by atoms with Crippen LogP contribution in [-0.2, 0) is 22.1 Å². The summed E-state index contributed by atoms with van der Waals surface area (Å²) in [5.74, 6) is -0.182. The number of hydrogen-bond acceptors (Lipinski definition) is 5. The maximum absolute atomic E-state index is 13.5. The molecule has 2 heterocycles. The third-order valence-electron chi connectivity index (χ3n) is 6.22. The largest absolute Gasteiger partial charge is 0.328 e. The van der Waals surface area contributed by atoms with Crippen molar-refractivity contribution in [1.29, 1.82) is 0 Å². The minimum Gasteiger partial charge on any atom is -0.328 e. The first-order valence-electron chi connectivity index (χ1n) is 11.7. The summed E-state index contributed by atoms with van der Waals surface area (Å²) in [5.41, 5.74) is 2.53. The van der Waals surface area contributed by atoms with E-state index in [9.17, 15) is 13.2 Å². The normalized spacial score (nSPS) is 14.7. The molecule has 0 spiro atoms. The molecule has 1 amide bonds. The number of benzene rings is 1. The van der Waals surface area contributed by atoms with E-state index < -0.39 is 9.84 Å². The molecule has 1 aliphatic rings. The van der Waals surface area contributed by atoms with Crippen molar-refractivity contribution in [1.82, 2.24) is 14.5 Å². The zero-order valence-electron chi connectivity index (χ0n) is 19.5. The number of carbonyl (C=O) groups is 1. The number of aromatic nitrogens is 2. The number of rotatable bonds is 9. The highest BCUT2D eigenvalue weighted by Gasteiger charge is 2.30. The van der Waals surface area contributed by atoms with Crippen LogP contribution in [0.15, 0.2) is 65.8 Å². The molecule has 0 saturated heterocycles. The summed E-state index contributed by atoms with van der Waals surface area (Å²) in [7, 11) is -3.67. The molecule has 0 unspecified atom stereocenters. The number of sulfone groups is 1. The number of aryl methyl sites for hydroxylation is 1. The molecule has 0 radical (unpaired) electrons. The monoisotopic (exact) mass is 497 g/mol. The fourth-order valence-corrected chi connectivity index (χ4v) is 6.88. The Hall–Kier alpha value is -2.71. The SMILES string of the molecule is C=CCN(Cc1cnc(S(=O)(=O)Cc2cccc(C)c2)n1C1CCCCC1)C(=O)c1cccs1. The molecule has 0 bridgehead atoms. The predicted molar refractivity (Wildman–Crippen MR) is 136 cm³/mol. The van der Waals surface area contributed by atoms with E-state index in [0.29, 0.717) is 11.4 Å². The van der Waals surface area contributed by atoms with Gasteiger partial charge in [0.15, 0.2) is 0 Å². The van der Waals surface area contributed by atoms with Crippen molar-refractivity contribution in [2.75, 3.05) is 6.54 Å². The van der Waals surface area contributed by atoms with Gasteiger partial charge in [-0.25, -0.2) is 13.4 Å². The Labute approximate surface area is 205 Å². The Balaban J connectivity index is 1.70. The zero-order valence-corrected chi connectivity index (χ0v) is 21.2. The van der Waals surface area contributed by atoms with Crippen molar-refractivity contribution in [3.8, 4) is 0 Å². The fraction of sp³-hybridized carbons (Fsp3) is 0.385. The molecule has 1 aliphatic carbocycles. The number of imidazole rings is 1. The lowest BCUT2D eigenvalue weighted by Crippen LogP contribution is -2.32. The first kappa shape index (κ1) is 24.4. The van der Waals surface area contributed by atoms with Crippen LogP contribution < -0.4 is 0 Å². The molecule has 1 aromatic carbocycles. The minimum atomic E-state index is -3.67. The lowest BCUT2D eigenvalue weighted by atomic mass is 9.95. The van der Waals surface area contributed by atoms with E-state index >= 15 is 0 Å². The molecule has 1 saturated carbocycles. The van der Waals surface area contributed by atoms with Crippen LogP contribution in [-0.4, -0.2) is 35.3 Å². The quantitative estimate of drug-likeness (QED) is 0.363. The average Bonchev–Trinajstić information content (AvgIpc) is 3.49. The second-order valence-electron chi connectivity index (χ2n) is 8.89. The van der Waals surface area contributed by atoms with Crippen molar-refractivity contribution in [3.63, 3.8) is 0 Å². The van der Waals surface area contributed by atoms with Gasteiger partial charge in [-0.2, -0.15) is 0 Å². The number of nitrogens with zero attached hydrogens (tertiary/aromatic N) is 3. The van der Waals surface area contributed by atoms with Crippen LogP contribution in [0.5, 0.6) is 0 Å². The van der Waals surface area contributed by atoms with E-state index in [4.69, 9.17) is 0 Å². The Kier molecular flexibility index (Phi) is 7.68. The van der Waals surface area contributed by atoms with Crippen LogP contribution in [0.2, 0.25) is 0 Å². The van der Waals surface area contributed by atoms with Gasteiger partial charge in [-0.3, -0.25) is 4.79 Å². The first-order chi connectivity index (χ1) is 16.4. The summed E-state index contributed by atoms with van der Waals surface area (Å²) in [6, 6.07) is 11.3. The molecular formula is C26H31N3O3S2. The van der Waals surface area contributed by atoms with Crippen molar-refractivity contribution >= 4 is 27.1 Å². The summed E-state index contributed by atoms with van der Waals surface area (Å²) in [4.78, 5) is 19.9. The van der Waals surface area contributed by atoms with Gasteiger partial charge < -0.3 is 9.47 Å². The molecule has 34 heavy (non-hydrogen) atoms. The summed E-state index contributed by atoms with van der Waals surface area (Å²) in [6.07, 6.45) is 8.44. The van der Waals surface area contributed by atoms with Gasteiger partial charge in [-0.05, 0) is 36.8 Å². The molecule has 3 aromatic rings. The Bertz CT molecular complexity index is 1240. The zero-order chi connectivity index (χ0) is 24.1. The molecule has 180 valence electrons. The van der Waals surface area contributed by atoms with E-state index in [1.807, 2.05) is 47.2 Å². The number of amides is 1. The van der Waals surface area contributed by atoms with E-state index in [0.717, 1.165) is 48.9 Å². The lowest BCUT2D eigenvalue weighted by molar-refractivity contribution is 0.0762. The molecule has 1 fully saturated rings. The predicted octanol–water partition coefficient (Wildman–Crippen LogP) is 5.56. The maximum atomic E-state index is 13.5. The van der Waals surface area contributed by atoms with Crippen molar-refractivity contribution < 1.29 is 13.2 Å². The summed E-state index contributed by atoms with van der Waals surface area (Å²) in [5, 5.41) is 1.99. The molecule has 0 N–H and O–H groups in total. The van der Waals surface area contributed by atoms with E-state index in [1.165, 1.54) is 11.3 Å². The third kappa shape index (κ3) is 5.50. The molecule has 8 heteroatoms. The first-order valence-corrected chi connectivity index (χ1v) is 14.2. The standard InChI is InChI=1S/C26H31N3O3S2/c1-3-14-28(25(30)24-13-8-15-33-24)18-23-17-27-26(29(23)22-11-5-4-6-12-22)34(31,32)19-21-10-7-9-20(2)16-21/h3,7-10,13,15-17,22H,1,4-6,11-12,14,18-19H2,2H3. The summed E-state index contributed by atoms with van der Waals surface area (Å²) >= 11 is 1.40. The van der Waals surface area contributed by atoms with E-state index in [-0.39, 0.29) is 29.4 Å². The van der Waals surface area contributed by atoms with Crippen molar-refractivity contribution in [2.45, 2.75) is 62.5 Å². The lowest BCUT2D eigenvalue weighted by Gasteiger charge is -2.28. The van der Waals surface area contributed by atoms with Gasteiger partial charge in [0.2, 0.25) is 15.0 Å².